The fourth-order valence-corrected chi connectivity index (χ4v) is 12.3. The highest BCUT2D eigenvalue weighted by Gasteiger charge is 2.70. The maximum Gasteiger partial charge on any atom is 0.309 e. The summed E-state index contributed by atoms with van der Waals surface area (Å²) in [7, 11) is 0. The lowest BCUT2D eigenvalue weighted by Crippen LogP contribution is -2.67. The molecule has 268 valence electrons. The Balaban J connectivity index is 1.30. The molecule has 0 radical (unpaired) electrons. The number of fused-ring (bicyclic) bond motifs is 7. The van der Waals surface area contributed by atoms with E-state index in [1.54, 1.807) is 20.0 Å². The second kappa shape index (κ2) is 11.7. The highest BCUT2D eigenvalue weighted by molar-refractivity contribution is 6.03. The SMILES string of the molecule is CC(C)C1=C2[C@H]3CC[C@@H]4[C@@]5(C)CC[C@H](OC(=O)CC(C)(C)C(=O)O)C(C)(C)[C@@H]5CC[C@@]4(C)[C@]3(C)CC[C@@]2(NC(=O)c2cnccn2)CC1=O. The maximum atomic E-state index is 13.9. The molecule has 0 bridgehead atoms. The standard InChI is InChI=1S/C40H57N3O6/c1-23(2)31-26(44)20-40(43-33(46)25-22-41-18-19-42-25)17-16-38(8)24(32(31)40)10-11-28-37(7)14-13-29(49-30(45)21-35(3,4)34(47)48)36(5,6)27(37)12-15-39(28,38)9/h18-19,22-24,27-29H,10-17,20-21H2,1-9H3,(H,43,46)(H,47,48)/t24-,27+,28-,29+,37+,38-,39-,40-/m1/s1. The molecule has 5 aliphatic rings. The number of nitrogens with zero attached hydrogens (tertiary/aromatic N) is 2. The molecule has 0 saturated heterocycles. The quantitative estimate of drug-likeness (QED) is 0.287. The summed E-state index contributed by atoms with van der Waals surface area (Å²) >= 11 is 0. The summed E-state index contributed by atoms with van der Waals surface area (Å²) in [5, 5.41) is 12.9. The number of carboxylic acids is 1. The largest absolute Gasteiger partial charge is 0.481 e. The topological polar surface area (TPSA) is 136 Å². The summed E-state index contributed by atoms with van der Waals surface area (Å²) in [5.41, 5.74) is 0.267. The van der Waals surface area contributed by atoms with Crippen LogP contribution >= 0.6 is 0 Å². The number of allylic oxidation sites excluding steroid dienone is 1. The summed E-state index contributed by atoms with van der Waals surface area (Å²) in [6.07, 6.45) is 12.0. The second-order valence-electron chi connectivity index (χ2n) is 18.5. The van der Waals surface area contributed by atoms with E-state index in [0.29, 0.717) is 18.3 Å². The van der Waals surface area contributed by atoms with Crippen LogP contribution in [0.1, 0.15) is 137 Å². The van der Waals surface area contributed by atoms with Gasteiger partial charge in [0.2, 0.25) is 0 Å². The molecule has 2 N–H and O–H groups in total. The van der Waals surface area contributed by atoms with Crippen LogP contribution in [0.5, 0.6) is 0 Å². The van der Waals surface area contributed by atoms with E-state index in [1.165, 1.54) is 18.0 Å². The van der Waals surface area contributed by atoms with Crippen molar-refractivity contribution in [2.75, 3.05) is 0 Å². The van der Waals surface area contributed by atoms with Crippen molar-refractivity contribution in [2.24, 2.45) is 50.7 Å². The van der Waals surface area contributed by atoms with E-state index < -0.39 is 22.9 Å². The van der Waals surface area contributed by atoms with Crippen LogP contribution in [-0.4, -0.2) is 50.3 Å². The summed E-state index contributed by atoms with van der Waals surface area (Å²) in [4.78, 5) is 60.6. The molecule has 1 amide bonds. The molecular formula is C40H57N3O6. The molecule has 0 spiro atoms. The first-order chi connectivity index (χ1) is 22.7. The van der Waals surface area contributed by atoms with Crippen molar-refractivity contribution in [3.8, 4) is 0 Å². The fraction of sp³-hybridized carbons (Fsp3) is 0.750. The van der Waals surface area contributed by atoms with E-state index in [4.69, 9.17) is 4.74 Å². The number of rotatable bonds is 7. The molecule has 6 rings (SSSR count). The van der Waals surface area contributed by atoms with Crippen LogP contribution in [0.2, 0.25) is 0 Å². The predicted molar refractivity (Wildman–Crippen MR) is 185 cm³/mol. The van der Waals surface area contributed by atoms with E-state index in [9.17, 15) is 24.3 Å². The number of nitrogens with one attached hydrogen (secondary N) is 1. The first kappa shape index (κ1) is 35.7. The van der Waals surface area contributed by atoms with Gasteiger partial charge < -0.3 is 15.2 Å². The molecule has 1 heterocycles. The van der Waals surface area contributed by atoms with Gasteiger partial charge in [-0.3, -0.25) is 24.2 Å². The lowest BCUT2D eigenvalue weighted by Gasteiger charge is -2.72. The monoisotopic (exact) mass is 675 g/mol. The van der Waals surface area contributed by atoms with Crippen molar-refractivity contribution >= 4 is 23.6 Å². The van der Waals surface area contributed by atoms with Crippen LogP contribution in [0.3, 0.4) is 0 Å². The number of hydrogen-bond donors (Lipinski definition) is 2. The van der Waals surface area contributed by atoms with Gasteiger partial charge in [0.1, 0.15) is 11.8 Å². The molecule has 9 nitrogen and oxygen atoms in total. The van der Waals surface area contributed by atoms with E-state index in [-0.39, 0.29) is 63.4 Å². The number of aliphatic carboxylic acids is 1. The average Bonchev–Trinajstić information content (AvgIpc) is 3.30. The first-order valence-electron chi connectivity index (χ1n) is 18.5. The van der Waals surface area contributed by atoms with Crippen LogP contribution in [0, 0.1) is 50.7 Å². The number of Topliss-reactive ketones (excluding diaryl/α,β-unsaturated/α-hetero) is 1. The number of hydrogen-bond acceptors (Lipinski definition) is 7. The molecule has 0 aliphatic heterocycles. The third-order valence-corrected chi connectivity index (χ3v) is 15.0. The number of aromatic nitrogens is 2. The van der Waals surface area contributed by atoms with E-state index in [2.05, 4.69) is 63.8 Å². The van der Waals surface area contributed by atoms with E-state index in [0.717, 1.165) is 56.9 Å². The third kappa shape index (κ3) is 5.30. The number of carboxylic acid groups (broad SMARTS) is 1. The lowest BCUT2D eigenvalue weighted by molar-refractivity contribution is -0.232. The summed E-state index contributed by atoms with van der Waals surface area (Å²) in [6.45, 7) is 19.4. The van der Waals surface area contributed by atoms with Crippen LogP contribution < -0.4 is 5.32 Å². The first-order valence-corrected chi connectivity index (χ1v) is 18.5. The minimum absolute atomic E-state index is 0.0219. The van der Waals surface area contributed by atoms with Gasteiger partial charge in [0.05, 0.1) is 23.6 Å². The molecule has 0 unspecified atom stereocenters. The molecule has 49 heavy (non-hydrogen) atoms. The molecule has 9 heteroatoms. The zero-order valence-electron chi connectivity index (χ0n) is 31.1. The third-order valence-electron chi connectivity index (χ3n) is 15.0. The average molecular weight is 676 g/mol. The van der Waals surface area contributed by atoms with Gasteiger partial charge in [0.25, 0.3) is 5.91 Å². The van der Waals surface area contributed by atoms with E-state index >= 15 is 0 Å². The van der Waals surface area contributed by atoms with Crippen molar-refractivity contribution in [2.45, 2.75) is 138 Å². The smallest absolute Gasteiger partial charge is 0.309 e. The molecule has 1 aromatic heterocycles. The Morgan fingerprint density at radius 1 is 0.959 bits per heavy atom. The fourth-order valence-electron chi connectivity index (χ4n) is 12.3. The Morgan fingerprint density at radius 3 is 2.31 bits per heavy atom. The van der Waals surface area contributed by atoms with Crippen LogP contribution in [0.15, 0.2) is 29.7 Å². The molecule has 8 atom stereocenters. The van der Waals surface area contributed by atoms with Gasteiger partial charge in [0.15, 0.2) is 5.78 Å². The number of carbonyl (C=O) groups excluding carboxylic acids is 3. The normalized spacial score (nSPS) is 38.2. The number of amides is 1. The second-order valence-corrected chi connectivity index (χ2v) is 18.5. The molecule has 4 fully saturated rings. The summed E-state index contributed by atoms with van der Waals surface area (Å²) < 4.78 is 6.14. The zero-order chi connectivity index (χ0) is 35.9. The maximum absolute atomic E-state index is 13.9. The summed E-state index contributed by atoms with van der Waals surface area (Å²) in [6, 6.07) is 0. The van der Waals surface area contributed by atoms with Crippen molar-refractivity contribution < 1.29 is 29.0 Å². The van der Waals surface area contributed by atoms with Crippen molar-refractivity contribution in [3.63, 3.8) is 0 Å². The van der Waals surface area contributed by atoms with Crippen molar-refractivity contribution in [1.82, 2.24) is 15.3 Å². The van der Waals surface area contributed by atoms with Crippen molar-refractivity contribution in [1.29, 1.82) is 0 Å². The number of ketones is 1. The van der Waals surface area contributed by atoms with Gasteiger partial charge in [-0.05, 0) is 116 Å². The number of esters is 1. The van der Waals surface area contributed by atoms with Gasteiger partial charge in [0, 0.05) is 24.2 Å². The Bertz CT molecular complexity index is 1580. The number of ether oxygens (including phenoxy) is 1. The highest BCUT2D eigenvalue weighted by atomic mass is 16.5. The van der Waals surface area contributed by atoms with E-state index in [1.807, 2.05) is 0 Å². The van der Waals surface area contributed by atoms with Gasteiger partial charge >= 0.3 is 11.9 Å². The zero-order valence-corrected chi connectivity index (χ0v) is 31.1. The van der Waals surface area contributed by atoms with Gasteiger partial charge in [-0.1, -0.05) is 48.5 Å². The van der Waals surface area contributed by atoms with Crippen molar-refractivity contribution in [3.05, 3.63) is 35.4 Å². The molecule has 1 aromatic rings. The van der Waals surface area contributed by atoms with Gasteiger partial charge in [-0.2, -0.15) is 0 Å². The lowest BCUT2D eigenvalue weighted by atomic mass is 9.33. The van der Waals surface area contributed by atoms with Gasteiger partial charge in [-0.25, -0.2) is 4.98 Å². The van der Waals surface area contributed by atoms with Crippen LogP contribution in [0.4, 0.5) is 0 Å². The molecule has 0 aromatic carbocycles. The predicted octanol–water partition coefficient (Wildman–Crippen LogP) is 7.35. The summed E-state index contributed by atoms with van der Waals surface area (Å²) in [5.74, 6) is -0.463. The molecule has 5 aliphatic carbocycles. The Kier molecular flexibility index (Phi) is 8.55. The molecule has 4 saturated carbocycles. The molecular weight excluding hydrogens is 618 g/mol. The highest BCUT2D eigenvalue weighted by Crippen LogP contribution is 2.76. The van der Waals surface area contributed by atoms with Crippen LogP contribution in [0.25, 0.3) is 0 Å². The minimum atomic E-state index is -1.17. The Morgan fingerprint density at radius 2 is 1.67 bits per heavy atom. The van der Waals surface area contributed by atoms with Gasteiger partial charge in [-0.15, -0.1) is 0 Å². The van der Waals surface area contributed by atoms with Crippen LogP contribution in [-0.2, 0) is 19.1 Å². The Labute approximate surface area is 291 Å². The minimum Gasteiger partial charge on any atom is -0.481 e. The Hall–Kier alpha value is -3.10. The number of carbonyl (C=O) groups is 4.